The van der Waals surface area contributed by atoms with Gasteiger partial charge in [-0.1, -0.05) is 45.2 Å². The quantitative estimate of drug-likeness (QED) is 0.794. The van der Waals surface area contributed by atoms with E-state index in [0.717, 1.165) is 17.4 Å². The minimum atomic E-state index is 0.0115. The van der Waals surface area contributed by atoms with Gasteiger partial charge in [0.05, 0.1) is 5.56 Å². The third-order valence-corrected chi connectivity index (χ3v) is 3.90. The highest BCUT2D eigenvalue weighted by atomic mass is 79.9. The second-order valence-corrected chi connectivity index (χ2v) is 5.46. The highest BCUT2D eigenvalue weighted by Gasteiger charge is 2.11. The number of carbonyl (C=O) groups is 1. The molecular weight excluding hydrogens is 290 g/mol. The van der Waals surface area contributed by atoms with Gasteiger partial charge >= 0.3 is 0 Å². The second-order valence-electron chi connectivity index (χ2n) is 4.61. The first-order valence-corrected chi connectivity index (χ1v) is 7.51. The molecule has 0 aromatic heterocycles. The zero-order valence-corrected chi connectivity index (χ0v) is 12.8. The summed E-state index contributed by atoms with van der Waals surface area (Å²) in [6.07, 6.45) is 4.78. The molecule has 0 aliphatic heterocycles. The van der Waals surface area contributed by atoms with Crippen LogP contribution < -0.4 is 5.32 Å². The number of nitrogens with one attached hydrogen (secondary N) is 1. The van der Waals surface area contributed by atoms with Crippen molar-refractivity contribution in [1.82, 2.24) is 5.32 Å². The van der Waals surface area contributed by atoms with Gasteiger partial charge in [0.25, 0.3) is 5.91 Å². The number of unbranched alkanes of at least 4 members (excludes halogenated alkanes) is 1. The van der Waals surface area contributed by atoms with E-state index in [1.165, 1.54) is 19.3 Å². The lowest BCUT2D eigenvalue weighted by Gasteiger charge is -2.15. The summed E-state index contributed by atoms with van der Waals surface area (Å²) in [5, 5.41) is 3.03. The van der Waals surface area contributed by atoms with Gasteiger partial charge in [-0.2, -0.15) is 0 Å². The molecule has 0 aliphatic rings. The number of rotatable bonds is 7. The molecule has 18 heavy (non-hydrogen) atoms. The Hall–Kier alpha value is -0.830. The maximum atomic E-state index is 12.0. The molecule has 0 aliphatic carbocycles. The van der Waals surface area contributed by atoms with Gasteiger partial charge in [0.15, 0.2) is 0 Å². The van der Waals surface area contributed by atoms with Gasteiger partial charge in [-0.3, -0.25) is 4.79 Å². The average molecular weight is 312 g/mol. The van der Waals surface area contributed by atoms with Crippen molar-refractivity contribution in [3.63, 3.8) is 0 Å². The van der Waals surface area contributed by atoms with Crippen LogP contribution in [-0.4, -0.2) is 12.5 Å². The maximum Gasteiger partial charge on any atom is 0.252 e. The minimum absolute atomic E-state index is 0.0115. The molecule has 0 saturated heterocycles. The molecule has 0 radical (unpaired) electrons. The van der Waals surface area contributed by atoms with E-state index < -0.39 is 0 Å². The molecule has 0 saturated carbocycles. The second kappa shape index (κ2) is 8.30. The summed E-state index contributed by atoms with van der Waals surface area (Å²) in [7, 11) is 0. The van der Waals surface area contributed by atoms with Crippen LogP contribution in [0.5, 0.6) is 0 Å². The van der Waals surface area contributed by atoms with Crippen LogP contribution in [0.2, 0.25) is 0 Å². The Bertz CT molecular complexity index is 379. The Morgan fingerprint density at radius 2 is 2.06 bits per heavy atom. The number of halogens is 1. The Kier molecular flexibility index (Phi) is 7.02. The maximum absolute atomic E-state index is 12.0. The fourth-order valence-corrected chi connectivity index (χ4v) is 2.39. The zero-order valence-electron chi connectivity index (χ0n) is 11.2. The monoisotopic (exact) mass is 311 g/mol. The number of hydrogen-bond acceptors (Lipinski definition) is 1. The van der Waals surface area contributed by atoms with Crippen LogP contribution >= 0.6 is 15.9 Å². The van der Waals surface area contributed by atoms with Gasteiger partial charge in [0, 0.05) is 11.0 Å². The molecule has 0 unspecified atom stereocenters. The lowest BCUT2D eigenvalue weighted by atomic mass is 9.99. The van der Waals surface area contributed by atoms with Gasteiger partial charge < -0.3 is 5.32 Å². The third kappa shape index (κ3) is 4.81. The first-order valence-electron chi connectivity index (χ1n) is 6.71. The summed E-state index contributed by atoms with van der Waals surface area (Å²) >= 11 is 3.40. The summed E-state index contributed by atoms with van der Waals surface area (Å²) < 4.78 is 0.851. The van der Waals surface area contributed by atoms with E-state index in [2.05, 4.69) is 35.1 Å². The van der Waals surface area contributed by atoms with Crippen LogP contribution in [0.3, 0.4) is 0 Å². The molecule has 1 rings (SSSR count). The van der Waals surface area contributed by atoms with Crippen molar-refractivity contribution in [1.29, 1.82) is 0 Å². The molecule has 3 heteroatoms. The fourth-order valence-electron chi connectivity index (χ4n) is 1.92. The van der Waals surface area contributed by atoms with Crippen LogP contribution in [0, 0.1) is 5.92 Å². The van der Waals surface area contributed by atoms with Crippen molar-refractivity contribution >= 4 is 21.8 Å². The molecule has 1 aromatic rings. The van der Waals surface area contributed by atoms with Gasteiger partial charge in [-0.15, -0.1) is 0 Å². The lowest BCUT2D eigenvalue weighted by molar-refractivity contribution is 0.0945. The minimum Gasteiger partial charge on any atom is -0.352 e. The zero-order chi connectivity index (χ0) is 13.4. The largest absolute Gasteiger partial charge is 0.352 e. The Labute approximate surface area is 118 Å². The van der Waals surface area contributed by atoms with Crippen molar-refractivity contribution in [2.75, 3.05) is 6.54 Å². The molecule has 0 bridgehead atoms. The molecule has 0 heterocycles. The predicted octanol–water partition coefficient (Wildman–Crippen LogP) is 4.40. The van der Waals surface area contributed by atoms with Crippen LogP contribution in [0.4, 0.5) is 0 Å². The molecule has 0 fully saturated rings. The van der Waals surface area contributed by atoms with Crippen molar-refractivity contribution in [2.24, 2.45) is 5.92 Å². The van der Waals surface area contributed by atoms with Gasteiger partial charge in [-0.25, -0.2) is 0 Å². The lowest BCUT2D eigenvalue weighted by Crippen LogP contribution is -2.29. The average Bonchev–Trinajstić information content (AvgIpc) is 2.39. The SMILES string of the molecule is CCCC[C@@H](CC)CNC(=O)c1ccccc1Br. The van der Waals surface area contributed by atoms with Crippen molar-refractivity contribution in [3.05, 3.63) is 34.3 Å². The summed E-state index contributed by atoms with van der Waals surface area (Å²) in [5.74, 6) is 0.605. The van der Waals surface area contributed by atoms with Crippen molar-refractivity contribution < 1.29 is 4.79 Å². The van der Waals surface area contributed by atoms with Crippen LogP contribution in [-0.2, 0) is 0 Å². The summed E-state index contributed by atoms with van der Waals surface area (Å²) in [5.41, 5.74) is 0.711. The molecule has 1 aromatic carbocycles. The van der Waals surface area contributed by atoms with E-state index in [0.29, 0.717) is 11.5 Å². The summed E-state index contributed by atoms with van der Waals surface area (Å²) in [6.45, 7) is 5.16. The van der Waals surface area contributed by atoms with Gasteiger partial charge in [0.2, 0.25) is 0 Å². The number of hydrogen-bond donors (Lipinski definition) is 1. The molecule has 1 N–H and O–H groups in total. The highest BCUT2D eigenvalue weighted by Crippen LogP contribution is 2.16. The van der Waals surface area contributed by atoms with Crippen molar-refractivity contribution in [2.45, 2.75) is 39.5 Å². The smallest absolute Gasteiger partial charge is 0.252 e. The van der Waals surface area contributed by atoms with Crippen LogP contribution in [0.25, 0.3) is 0 Å². The standard InChI is InChI=1S/C15H22BrNO/c1-3-5-8-12(4-2)11-17-15(18)13-9-6-7-10-14(13)16/h6-7,9-10,12H,3-5,8,11H2,1-2H3,(H,17,18)/t12-/m1/s1. The van der Waals surface area contributed by atoms with E-state index in [1.807, 2.05) is 24.3 Å². The van der Waals surface area contributed by atoms with E-state index in [9.17, 15) is 4.79 Å². The predicted molar refractivity (Wildman–Crippen MR) is 79.8 cm³/mol. The molecule has 1 amide bonds. The number of amides is 1. The summed E-state index contributed by atoms with van der Waals surface area (Å²) in [6, 6.07) is 7.53. The Morgan fingerprint density at radius 1 is 1.33 bits per heavy atom. The van der Waals surface area contributed by atoms with E-state index in [1.54, 1.807) is 0 Å². The molecule has 0 spiro atoms. The molecule has 1 atom stereocenters. The summed E-state index contributed by atoms with van der Waals surface area (Å²) in [4.78, 5) is 12.0. The number of benzene rings is 1. The van der Waals surface area contributed by atoms with Gasteiger partial charge in [0.1, 0.15) is 0 Å². The topological polar surface area (TPSA) is 29.1 Å². The first-order chi connectivity index (χ1) is 8.69. The van der Waals surface area contributed by atoms with Crippen LogP contribution in [0.15, 0.2) is 28.7 Å². The normalized spacial score (nSPS) is 12.2. The van der Waals surface area contributed by atoms with Crippen molar-refractivity contribution in [3.8, 4) is 0 Å². The fraction of sp³-hybridized carbons (Fsp3) is 0.533. The van der Waals surface area contributed by atoms with E-state index >= 15 is 0 Å². The molecule has 100 valence electrons. The van der Waals surface area contributed by atoms with Crippen LogP contribution in [0.1, 0.15) is 49.9 Å². The van der Waals surface area contributed by atoms with E-state index in [4.69, 9.17) is 0 Å². The number of carbonyl (C=O) groups excluding carboxylic acids is 1. The molecule has 2 nitrogen and oxygen atoms in total. The van der Waals surface area contributed by atoms with Gasteiger partial charge in [-0.05, 0) is 40.4 Å². The Morgan fingerprint density at radius 3 is 2.67 bits per heavy atom. The highest BCUT2D eigenvalue weighted by molar-refractivity contribution is 9.10. The Balaban J connectivity index is 2.47. The molecular formula is C15H22BrNO. The first kappa shape index (κ1) is 15.2. The third-order valence-electron chi connectivity index (χ3n) is 3.21. The van der Waals surface area contributed by atoms with E-state index in [-0.39, 0.29) is 5.91 Å².